The van der Waals surface area contributed by atoms with Crippen LogP contribution in [0.2, 0.25) is 0 Å². The maximum Gasteiger partial charge on any atom is 0.316 e. The zero-order valence-corrected chi connectivity index (χ0v) is 16.1. The van der Waals surface area contributed by atoms with Crippen LogP contribution in [-0.4, -0.2) is 44.2 Å². The van der Waals surface area contributed by atoms with Crippen molar-refractivity contribution in [2.24, 2.45) is 0 Å². The van der Waals surface area contributed by atoms with Crippen molar-refractivity contribution in [3.63, 3.8) is 0 Å². The predicted octanol–water partition coefficient (Wildman–Crippen LogP) is 2.56. The molecule has 1 aromatic carbocycles. The monoisotopic (exact) mass is 403 g/mol. The fourth-order valence-corrected chi connectivity index (χ4v) is 3.74. The third-order valence-electron chi connectivity index (χ3n) is 3.34. The molecule has 0 atom stereocenters. The highest BCUT2D eigenvalue weighted by molar-refractivity contribution is 8.01. The van der Waals surface area contributed by atoms with Gasteiger partial charge in [0.25, 0.3) is 0 Å². The Balaban J connectivity index is 1.50. The second kappa shape index (κ2) is 9.28. The molecule has 1 N–H and O–H groups in total. The number of hydrogen-bond donors (Lipinski definition) is 1. The average Bonchev–Trinajstić information content (AvgIpc) is 3.33. The van der Waals surface area contributed by atoms with Crippen LogP contribution in [0.5, 0.6) is 0 Å². The first-order valence-electron chi connectivity index (χ1n) is 8.15. The molecule has 3 aromatic rings. The number of benzene rings is 1. The van der Waals surface area contributed by atoms with Crippen LogP contribution in [0, 0.1) is 0 Å². The van der Waals surface area contributed by atoms with Gasteiger partial charge in [-0.15, -0.1) is 10.2 Å². The normalized spacial score (nSPS) is 10.6. The molecule has 140 valence electrons. The van der Waals surface area contributed by atoms with E-state index in [1.807, 2.05) is 36.5 Å². The Hall–Kier alpha value is -2.72. The minimum atomic E-state index is -0.304. The van der Waals surface area contributed by atoms with Crippen LogP contribution >= 0.6 is 23.1 Å². The Morgan fingerprint density at radius 3 is 2.78 bits per heavy atom. The summed E-state index contributed by atoms with van der Waals surface area (Å²) in [5.74, 6) is -0.319. The van der Waals surface area contributed by atoms with Crippen molar-refractivity contribution in [2.45, 2.75) is 17.7 Å². The van der Waals surface area contributed by atoms with E-state index in [0.29, 0.717) is 16.1 Å². The van der Waals surface area contributed by atoms with Crippen molar-refractivity contribution in [2.75, 3.05) is 17.7 Å². The smallest absolute Gasteiger partial charge is 0.316 e. The van der Waals surface area contributed by atoms with Crippen molar-refractivity contribution >= 4 is 40.1 Å². The van der Waals surface area contributed by atoms with E-state index in [9.17, 15) is 9.59 Å². The Morgan fingerprint density at radius 2 is 2.07 bits per heavy atom. The molecule has 0 spiro atoms. The van der Waals surface area contributed by atoms with Crippen molar-refractivity contribution < 1.29 is 14.3 Å². The molecule has 10 heteroatoms. The van der Waals surface area contributed by atoms with E-state index in [1.165, 1.54) is 23.1 Å². The van der Waals surface area contributed by atoms with Crippen LogP contribution in [0.25, 0.3) is 5.69 Å². The fraction of sp³-hybridized carbons (Fsp3) is 0.235. The second-order valence-corrected chi connectivity index (χ2v) is 7.51. The number of anilines is 1. The van der Waals surface area contributed by atoms with Crippen LogP contribution in [0.15, 0.2) is 47.1 Å². The summed E-state index contributed by atoms with van der Waals surface area (Å²) in [5, 5.41) is 15.2. The van der Waals surface area contributed by atoms with E-state index >= 15 is 0 Å². The zero-order chi connectivity index (χ0) is 19.1. The van der Waals surface area contributed by atoms with Gasteiger partial charge in [0, 0.05) is 12.4 Å². The van der Waals surface area contributed by atoms with Crippen LogP contribution < -0.4 is 5.32 Å². The molecule has 8 nitrogen and oxygen atoms in total. The average molecular weight is 403 g/mol. The third kappa shape index (κ3) is 5.63. The molecule has 0 aliphatic carbocycles. The second-order valence-electron chi connectivity index (χ2n) is 5.31. The summed E-state index contributed by atoms with van der Waals surface area (Å²) in [6.07, 6.45) is 3.79. The first kappa shape index (κ1) is 19.1. The number of carbonyl (C=O) groups is 2. The Labute approximate surface area is 164 Å². The number of aromatic nitrogens is 4. The van der Waals surface area contributed by atoms with Gasteiger partial charge in [0.15, 0.2) is 4.34 Å². The van der Waals surface area contributed by atoms with E-state index in [2.05, 4.69) is 20.6 Å². The largest absolute Gasteiger partial charge is 0.465 e. The number of thioether (sulfide) groups is 1. The van der Waals surface area contributed by atoms with Gasteiger partial charge in [-0.2, -0.15) is 5.10 Å². The van der Waals surface area contributed by atoms with E-state index < -0.39 is 0 Å². The summed E-state index contributed by atoms with van der Waals surface area (Å²) in [7, 11) is 0. The summed E-state index contributed by atoms with van der Waals surface area (Å²) in [4.78, 5) is 23.5. The highest BCUT2D eigenvalue weighted by Crippen LogP contribution is 2.25. The lowest BCUT2D eigenvalue weighted by Gasteiger charge is -2.04. The molecule has 0 saturated carbocycles. The number of nitrogens with one attached hydrogen (secondary N) is 1. The van der Waals surface area contributed by atoms with Crippen LogP contribution in [-0.2, 0) is 20.7 Å². The molecule has 3 rings (SSSR count). The van der Waals surface area contributed by atoms with Crippen LogP contribution in [0.4, 0.5) is 5.13 Å². The maximum absolute atomic E-state index is 12.2. The Morgan fingerprint density at radius 1 is 1.26 bits per heavy atom. The number of ether oxygens (including phenoxy) is 1. The van der Waals surface area contributed by atoms with E-state index in [4.69, 9.17) is 4.74 Å². The molecule has 0 unspecified atom stereocenters. The van der Waals surface area contributed by atoms with Gasteiger partial charge in [-0.1, -0.05) is 35.2 Å². The molecule has 0 aliphatic rings. The standard InChI is InChI=1S/C17H17N5O3S2/c1-2-25-15(24)11-26-17-21-20-16(27-17)19-14(23)10-12-4-6-13(7-5-12)22-9-3-8-18-22/h3-9H,2,10-11H2,1H3,(H,19,20,23). The molecule has 0 fully saturated rings. The summed E-state index contributed by atoms with van der Waals surface area (Å²) in [6.45, 7) is 2.10. The lowest BCUT2D eigenvalue weighted by atomic mass is 10.1. The van der Waals surface area contributed by atoms with Gasteiger partial charge in [0.05, 0.1) is 24.5 Å². The lowest BCUT2D eigenvalue weighted by Crippen LogP contribution is -2.14. The number of carbonyl (C=O) groups excluding carboxylic acids is 2. The number of rotatable bonds is 8. The van der Waals surface area contributed by atoms with Gasteiger partial charge in [-0.3, -0.25) is 9.59 Å². The number of esters is 1. The summed E-state index contributed by atoms with van der Waals surface area (Å²) < 4.78 is 7.20. The molecule has 0 bridgehead atoms. The van der Waals surface area contributed by atoms with Crippen LogP contribution in [0.3, 0.4) is 0 Å². The fourth-order valence-electron chi connectivity index (χ4n) is 2.18. The number of nitrogens with zero attached hydrogens (tertiary/aromatic N) is 4. The minimum absolute atomic E-state index is 0.166. The number of amides is 1. The molecule has 2 aromatic heterocycles. The molecule has 2 heterocycles. The SMILES string of the molecule is CCOC(=O)CSc1nnc(NC(=O)Cc2ccc(-n3cccn3)cc2)s1. The van der Waals surface area contributed by atoms with Crippen molar-refractivity contribution in [3.8, 4) is 5.69 Å². The summed E-state index contributed by atoms with van der Waals surface area (Å²) >= 11 is 2.45. The van der Waals surface area contributed by atoms with E-state index in [0.717, 1.165) is 11.3 Å². The van der Waals surface area contributed by atoms with Crippen LogP contribution in [0.1, 0.15) is 12.5 Å². The van der Waals surface area contributed by atoms with Gasteiger partial charge >= 0.3 is 5.97 Å². The first-order valence-corrected chi connectivity index (χ1v) is 9.95. The zero-order valence-electron chi connectivity index (χ0n) is 14.5. The van der Waals surface area contributed by atoms with Gasteiger partial charge in [0.1, 0.15) is 0 Å². The Kier molecular flexibility index (Phi) is 6.55. The van der Waals surface area contributed by atoms with Gasteiger partial charge < -0.3 is 10.1 Å². The predicted molar refractivity (Wildman–Crippen MR) is 103 cm³/mol. The number of hydrogen-bond acceptors (Lipinski definition) is 8. The van der Waals surface area contributed by atoms with Gasteiger partial charge in [-0.05, 0) is 30.7 Å². The van der Waals surface area contributed by atoms with E-state index in [1.54, 1.807) is 17.8 Å². The quantitative estimate of drug-likeness (QED) is 0.350. The van der Waals surface area contributed by atoms with Crippen molar-refractivity contribution in [1.29, 1.82) is 0 Å². The highest BCUT2D eigenvalue weighted by atomic mass is 32.2. The summed E-state index contributed by atoms with van der Waals surface area (Å²) in [5.41, 5.74) is 1.81. The molecule has 1 amide bonds. The molecule has 0 saturated heterocycles. The Bertz CT molecular complexity index is 894. The topological polar surface area (TPSA) is 99.0 Å². The third-order valence-corrected chi connectivity index (χ3v) is 5.29. The minimum Gasteiger partial charge on any atom is -0.465 e. The van der Waals surface area contributed by atoms with Crippen molar-refractivity contribution in [1.82, 2.24) is 20.0 Å². The van der Waals surface area contributed by atoms with Crippen molar-refractivity contribution in [3.05, 3.63) is 48.3 Å². The highest BCUT2D eigenvalue weighted by Gasteiger charge is 2.11. The summed E-state index contributed by atoms with van der Waals surface area (Å²) in [6, 6.07) is 9.44. The van der Waals surface area contributed by atoms with E-state index in [-0.39, 0.29) is 24.1 Å². The molecular formula is C17H17N5O3S2. The molecule has 27 heavy (non-hydrogen) atoms. The van der Waals surface area contributed by atoms with Gasteiger partial charge in [0.2, 0.25) is 11.0 Å². The first-order chi connectivity index (χ1) is 13.1. The lowest BCUT2D eigenvalue weighted by molar-refractivity contribution is -0.139. The maximum atomic E-state index is 12.2. The van der Waals surface area contributed by atoms with Gasteiger partial charge in [-0.25, -0.2) is 4.68 Å². The molecule has 0 radical (unpaired) electrons. The molecular weight excluding hydrogens is 386 g/mol. The molecule has 0 aliphatic heterocycles.